The number of thiazole rings is 1. The Bertz CT molecular complexity index is 4200. The van der Waals surface area contributed by atoms with Crippen LogP contribution >= 0.6 is 32.9 Å². The Morgan fingerprint density at radius 2 is 1.27 bits per heavy atom. The number of nitrogens with one attached hydrogen (secondary N) is 11. The highest BCUT2D eigenvalue weighted by Crippen LogP contribution is 2.39. The second kappa shape index (κ2) is 53.5. The van der Waals surface area contributed by atoms with E-state index >= 15 is 4.79 Å². The molecule has 2 aromatic carbocycles. The average molecular weight is 1820 g/mol. The number of phenolic OH excluding ortho intramolecular Hbond substituents is 1. The molecule has 2 heterocycles. The minimum Gasteiger partial charge on any atom is -0.508 e. The van der Waals surface area contributed by atoms with Crippen molar-refractivity contribution in [3.05, 3.63) is 81.3 Å². The number of carbonyl (C=O) groups excluding carboxylic acids is 12. The first kappa shape index (κ1) is 106. The molecular weight excluding hydrogens is 1700 g/mol. The van der Waals surface area contributed by atoms with Crippen molar-refractivity contribution in [1.82, 2.24) is 73.5 Å². The van der Waals surface area contributed by atoms with Gasteiger partial charge in [-0.3, -0.25) is 67.9 Å². The molecule has 1 aliphatic heterocycles. The second-order valence-electron chi connectivity index (χ2n) is 30.8. The molecule has 0 spiro atoms. The van der Waals surface area contributed by atoms with Gasteiger partial charge in [0, 0.05) is 68.4 Å². The summed E-state index contributed by atoms with van der Waals surface area (Å²) < 4.78 is 15.4. The van der Waals surface area contributed by atoms with Crippen LogP contribution in [0.1, 0.15) is 197 Å². The first-order chi connectivity index (χ1) is 58.9. The standard InChI is InChI=1S/C80H116N14O28S3/c1-11-17-64(104)121-42-94(73(110)65(44(5)12-2)89-71(109)57-19-14-16-31-93(57)10)58(43(3)4)39-59(122-46(7)95)72-86-56(41-123-72)70(108)83-50(35-47-24-26-51(96)27-25-47)34-45(6)67(105)91-92-79(119)120-32-33-124-125-80(8,9)66(76(115)116)90-69(107)55(38-63(102)103)85-68(106)54(37-62(100)101)84-60(97)36-48-20-22-49(23-21-48)40-82-77(117)81-30-15-13-18-52(74(111)112)87-78(118)88-53(75(113)114)28-29-61(98)99/h20-27,41,43-45,50,52-55,57-59,65-66,96H,11-19,28-40,42H2,1-10H3,(H,83,108)(H,84,97)(H,85,106)(H,89,109)(H,90,107)(H,91,105)(H,92,119)(H,98,99)(H,100,101)(H,102,103)(H,111,112)(H,113,114)(H,115,116)(H2,81,82,117)(H2,87,88,118)/t44?,45-,50+,52-,53-,54+,55+,57+,58+,59+,65-,66-/m0/s1. The van der Waals surface area contributed by atoms with Crippen LogP contribution in [0, 0.1) is 17.8 Å². The number of esters is 2. The van der Waals surface area contributed by atoms with Crippen LogP contribution in [0.4, 0.5) is 14.4 Å². The van der Waals surface area contributed by atoms with Crippen molar-refractivity contribution in [2.24, 2.45) is 17.8 Å². The number of amides is 12. The summed E-state index contributed by atoms with van der Waals surface area (Å²) in [6, 6.07) is -1.51. The number of ether oxygens (including phenoxy) is 3. The van der Waals surface area contributed by atoms with Gasteiger partial charge >= 0.3 is 65.9 Å². The van der Waals surface area contributed by atoms with E-state index < -0.39 is 211 Å². The summed E-state index contributed by atoms with van der Waals surface area (Å²) in [5.74, 6) is -17.9. The van der Waals surface area contributed by atoms with Gasteiger partial charge in [0.2, 0.25) is 35.4 Å². The Morgan fingerprint density at radius 3 is 1.86 bits per heavy atom. The lowest BCUT2D eigenvalue weighted by Crippen LogP contribution is -2.59. The zero-order valence-electron chi connectivity index (χ0n) is 71.2. The second-order valence-corrected chi connectivity index (χ2v) is 34.8. The zero-order valence-corrected chi connectivity index (χ0v) is 73.7. The smallest absolute Gasteiger partial charge is 0.426 e. The summed E-state index contributed by atoms with van der Waals surface area (Å²) in [6.45, 7) is 14.7. The van der Waals surface area contributed by atoms with Gasteiger partial charge in [0.15, 0.2) is 12.8 Å². The monoisotopic (exact) mass is 1820 g/mol. The first-order valence-electron chi connectivity index (χ1n) is 40.5. The maximum absolute atomic E-state index is 15.0. The van der Waals surface area contributed by atoms with E-state index in [2.05, 4.69) is 58.4 Å². The van der Waals surface area contributed by atoms with E-state index in [9.17, 15) is 112 Å². The lowest BCUT2D eigenvalue weighted by Gasteiger charge is -2.39. The number of likely N-dealkylation sites (tertiary alicyclic amines) is 1. The molecule has 1 fully saturated rings. The highest BCUT2D eigenvalue weighted by atomic mass is 33.1. The van der Waals surface area contributed by atoms with Gasteiger partial charge in [0.1, 0.15) is 59.3 Å². The third-order valence-electron chi connectivity index (χ3n) is 19.9. The summed E-state index contributed by atoms with van der Waals surface area (Å²) in [5, 5.41) is 90.9. The van der Waals surface area contributed by atoms with Crippen LogP contribution in [0.5, 0.6) is 5.75 Å². The van der Waals surface area contributed by atoms with Crippen LogP contribution in [0.2, 0.25) is 0 Å². The lowest BCUT2D eigenvalue weighted by molar-refractivity contribution is -0.161. The fourth-order valence-electron chi connectivity index (χ4n) is 12.8. The fourth-order valence-corrected chi connectivity index (χ4v) is 16.1. The van der Waals surface area contributed by atoms with Gasteiger partial charge in [-0.15, -0.1) is 11.3 Å². The highest BCUT2D eigenvalue weighted by molar-refractivity contribution is 8.77. The van der Waals surface area contributed by atoms with Gasteiger partial charge < -0.3 is 103 Å². The van der Waals surface area contributed by atoms with Crippen molar-refractivity contribution in [3.63, 3.8) is 0 Å². The number of piperidine rings is 1. The predicted octanol–water partition coefficient (Wildman–Crippen LogP) is 4.07. The number of unbranched alkanes of at least 4 members (excludes halogenated alkanes) is 1. The van der Waals surface area contributed by atoms with Gasteiger partial charge in [-0.2, -0.15) is 0 Å². The number of hydrogen-bond acceptors (Lipinski definition) is 27. The Morgan fingerprint density at radius 1 is 0.656 bits per heavy atom. The van der Waals surface area contributed by atoms with E-state index in [1.165, 1.54) is 74.4 Å². The molecule has 42 nitrogen and oxygen atoms in total. The summed E-state index contributed by atoms with van der Waals surface area (Å²) in [4.78, 5) is 240. The van der Waals surface area contributed by atoms with E-state index in [4.69, 9.17) is 19.3 Å². The van der Waals surface area contributed by atoms with Crippen molar-refractivity contribution in [2.45, 2.75) is 243 Å². The number of aromatic nitrogens is 1. The predicted molar refractivity (Wildman–Crippen MR) is 451 cm³/mol. The number of hydrazine groups is 1. The van der Waals surface area contributed by atoms with E-state index in [0.29, 0.717) is 42.5 Å². The Labute approximate surface area is 733 Å². The molecule has 45 heteroatoms. The highest BCUT2D eigenvalue weighted by Gasteiger charge is 2.43. The molecule has 692 valence electrons. The van der Waals surface area contributed by atoms with Gasteiger partial charge in [0.25, 0.3) is 5.91 Å². The number of nitrogens with zero attached hydrogens (tertiary/aromatic N) is 3. The van der Waals surface area contributed by atoms with Gasteiger partial charge in [-0.25, -0.2) is 39.2 Å². The molecule has 12 amide bonds. The first-order valence-corrected chi connectivity index (χ1v) is 43.7. The third-order valence-corrected chi connectivity index (χ3v) is 24.1. The maximum Gasteiger partial charge on any atom is 0.426 e. The number of carboxylic acids is 6. The maximum atomic E-state index is 15.0. The number of carbonyl (C=O) groups is 18. The molecule has 12 atom stereocenters. The number of rotatable bonds is 54. The Hall–Kier alpha value is -11.6. The third kappa shape index (κ3) is 38.6. The number of urea groups is 2. The normalized spacial score (nSPS) is 15.3. The Balaban J connectivity index is 1.32. The van der Waals surface area contributed by atoms with Crippen molar-refractivity contribution < 1.29 is 136 Å². The number of aliphatic carboxylic acids is 6. The zero-order chi connectivity index (χ0) is 93.4. The minimum absolute atomic E-state index is 0.0218. The molecule has 1 aliphatic rings. The SMILES string of the molecule is CCCC(=O)OCN(C(=O)[C@@H](NC(=O)[C@H]1CCCCN1C)C(C)CC)[C@H](C[C@@H](OC(C)=O)c1nc(C(=O)N[C@@H](Cc2ccc(O)cc2)C[C@H](C)C(=O)NNC(=O)OCCSSC(C)(C)[C@@H](NC(=O)[C@@H](CC(=O)O)NC(=O)[C@@H](CC(=O)O)NC(=O)Cc2ccc(CNC(=O)NCCCC[C@H](NC(=O)N[C@@H](CCC(=O)O)C(=O)O)C(=O)O)cc2)C(=O)O)cs1)C(C)C. The van der Waals surface area contributed by atoms with Crippen molar-refractivity contribution >= 4 is 140 Å². The molecule has 0 aliphatic carbocycles. The quantitative estimate of drug-likeness (QED) is 0.00945. The Kier molecular flexibility index (Phi) is 45.3. The van der Waals surface area contributed by atoms with Gasteiger partial charge in [0.05, 0.1) is 30.1 Å². The van der Waals surface area contributed by atoms with E-state index in [-0.39, 0.29) is 105 Å². The molecule has 1 aromatic heterocycles. The minimum atomic E-state index is -2.03. The number of likely N-dealkylation sites (N-methyl/N-ethyl adjacent to an activating group) is 1. The molecule has 4 rings (SSSR count). The summed E-state index contributed by atoms with van der Waals surface area (Å²) in [7, 11) is 3.73. The van der Waals surface area contributed by atoms with Crippen LogP contribution in [-0.4, -0.2) is 256 Å². The van der Waals surface area contributed by atoms with Gasteiger partial charge in [-0.1, -0.05) is 112 Å². The number of hydrogen-bond donors (Lipinski definition) is 18. The topological polar surface area (TPSA) is 628 Å². The largest absolute Gasteiger partial charge is 0.508 e. The number of aromatic hydroxyl groups is 1. The number of benzene rings is 2. The molecular formula is C80H116N14O28S3. The summed E-state index contributed by atoms with van der Waals surface area (Å²) >= 11 is 1.000. The molecule has 0 saturated carbocycles. The van der Waals surface area contributed by atoms with Crippen LogP contribution in [0.25, 0.3) is 0 Å². The summed E-state index contributed by atoms with van der Waals surface area (Å²) in [5.41, 5.74) is 5.84. The van der Waals surface area contributed by atoms with Gasteiger partial charge in [-0.05, 0) is 126 Å². The van der Waals surface area contributed by atoms with E-state index in [1.807, 2.05) is 45.0 Å². The average Bonchev–Trinajstić information content (AvgIpc) is 1.56. The van der Waals surface area contributed by atoms with Crippen molar-refractivity contribution in [1.29, 1.82) is 0 Å². The van der Waals surface area contributed by atoms with Crippen LogP contribution in [0.3, 0.4) is 0 Å². The molecule has 1 unspecified atom stereocenters. The summed E-state index contributed by atoms with van der Waals surface area (Å²) in [6.07, 6.45) is -2.19. The van der Waals surface area contributed by atoms with Crippen LogP contribution in [0.15, 0.2) is 53.9 Å². The van der Waals surface area contributed by atoms with Crippen molar-refractivity contribution in [2.75, 3.05) is 39.2 Å². The lowest BCUT2D eigenvalue weighted by atomic mass is 9.92. The number of phenols is 1. The fraction of sp³-hybridized carbons (Fsp3) is 0.588. The van der Waals surface area contributed by atoms with Crippen molar-refractivity contribution in [3.8, 4) is 5.75 Å². The van der Waals surface area contributed by atoms with E-state index in [1.54, 1.807) is 19.1 Å². The number of carboxylic acid groups (broad SMARTS) is 6. The molecule has 1 saturated heterocycles. The molecule has 0 bridgehead atoms. The van der Waals surface area contributed by atoms with E-state index in [0.717, 1.165) is 45.8 Å². The molecule has 3 aromatic rings. The molecule has 125 heavy (non-hydrogen) atoms. The molecule has 18 N–H and O–H groups in total. The van der Waals surface area contributed by atoms with Crippen LogP contribution in [-0.2, 0) is 101 Å². The van der Waals surface area contributed by atoms with Crippen LogP contribution < -0.4 is 58.7 Å². The molecule has 0 radical (unpaired) electrons.